The van der Waals surface area contributed by atoms with E-state index in [4.69, 9.17) is 0 Å². The van der Waals surface area contributed by atoms with Gasteiger partial charge in [-0.05, 0) is 38.7 Å². The van der Waals surface area contributed by atoms with Crippen LogP contribution in [0.25, 0.3) is 10.9 Å². The lowest BCUT2D eigenvalue weighted by atomic mass is 10.1. The zero-order valence-electron chi connectivity index (χ0n) is 13.5. The first-order valence-corrected chi connectivity index (χ1v) is 7.84. The van der Waals surface area contributed by atoms with Gasteiger partial charge in [-0.15, -0.1) is 0 Å². The first-order chi connectivity index (χ1) is 10.7. The number of aromatic amines is 1. The maximum absolute atomic E-state index is 11.6. The predicted octanol–water partition coefficient (Wildman–Crippen LogP) is 1.37. The molecule has 5 heteroatoms. The highest BCUT2D eigenvalue weighted by atomic mass is 16.1. The summed E-state index contributed by atoms with van der Waals surface area (Å²) < 4.78 is 0. The summed E-state index contributed by atoms with van der Waals surface area (Å²) in [5.74, 6) is 0.112. The van der Waals surface area contributed by atoms with E-state index >= 15 is 0 Å². The molecule has 0 spiro atoms. The number of rotatable bonds is 9. The molecule has 1 heterocycles. The van der Waals surface area contributed by atoms with Crippen molar-refractivity contribution in [3.63, 3.8) is 0 Å². The van der Waals surface area contributed by atoms with Crippen LogP contribution in [0, 0.1) is 0 Å². The number of fused-ring (bicyclic) bond motifs is 1. The number of H-pyrrole nitrogens is 1. The number of amides is 1. The minimum Gasteiger partial charge on any atom is -0.361 e. The number of nitrogens with one attached hydrogen (secondary N) is 3. The Labute approximate surface area is 132 Å². The van der Waals surface area contributed by atoms with E-state index in [-0.39, 0.29) is 5.91 Å². The zero-order valence-corrected chi connectivity index (χ0v) is 13.5. The van der Waals surface area contributed by atoms with Gasteiger partial charge in [0, 0.05) is 43.2 Å². The number of nitrogens with zero attached hydrogens (tertiary/aromatic N) is 1. The third kappa shape index (κ3) is 5.16. The molecule has 0 saturated heterocycles. The Hall–Kier alpha value is -1.85. The number of para-hydroxylation sites is 1. The third-order valence-electron chi connectivity index (χ3n) is 3.66. The number of carbonyl (C=O) groups is 1. The van der Waals surface area contributed by atoms with Crippen molar-refractivity contribution in [2.45, 2.75) is 12.8 Å². The van der Waals surface area contributed by atoms with Crippen LogP contribution in [0.2, 0.25) is 0 Å². The number of aromatic nitrogens is 1. The van der Waals surface area contributed by atoms with Crippen molar-refractivity contribution in [2.75, 3.05) is 40.3 Å². The first-order valence-electron chi connectivity index (χ1n) is 7.84. The lowest BCUT2D eigenvalue weighted by Crippen LogP contribution is -2.33. The molecule has 0 aliphatic rings. The minimum absolute atomic E-state index is 0.112. The lowest BCUT2D eigenvalue weighted by Gasteiger charge is -2.10. The fraction of sp³-hybridized carbons (Fsp3) is 0.471. The molecule has 0 unspecified atom stereocenters. The van der Waals surface area contributed by atoms with Crippen LogP contribution in [0.4, 0.5) is 0 Å². The van der Waals surface area contributed by atoms with E-state index in [1.54, 1.807) is 0 Å². The van der Waals surface area contributed by atoms with Crippen LogP contribution >= 0.6 is 0 Å². The number of likely N-dealkylation sites (N-methyl/N-ethyl adjacent to an activating group) is 1. The van der Waals surface area contributed by atoms with Gasteiger partial charge in [0.25, 0.3) is 0 Å². The Balaban J connectivity index is 1.60. The number of hydrogen-bond acceptors (Lipinski definition) is 3. The molecule has 0 aliphatic heterocycles. The second kappa shape index (κ2) is 8.56. The van der Waals surface area contributed by atoms with Crippen LogP contribution < -0.4 is 10.6 Å². The van der Waals surface area contributed by atoms with Crippen LogP contribution in [0.15, 0.2) is 30.5 Å². The summed E-state index contributed by atoms with van der Waals surface area (Å²) in [6, 6.07) is 8.32. The second-order valence-corrected chi connectivity index (χ2v) is 5.76. The first kappa shape index (κ1) is 16.5. The highest BCUT2D eigenvalue weighted by molar-refractivity contribution is 5.83. The van der Waals surface area contributed by atoms with Crippen LogP contribution in [0.3, 0.4) is 0 Å². The summed E-state index contributed by atoms with van der Waals surface area (Å²) in [6.45, 7) is 3.18. The van der Waals surface area contributed by atoms with E-state index in [0.717, 1.165) is 26.1 Å². The quantitative estimate of drug-likeness (QED) is 0.613. The van der Waals surface area contributed by atoms with Gasteiger partial charge in [-0.3, -0.25) is 4.79 Å². The van der Waals surface area contributed by atoms with Crippen molar-refractivity contribution in [1.29, 1.82) is 0 Å². The van der Waals surface area contributed by atoms with Crippen molar-refractivity contribution in [3.05, 3.63) is 36.0 Å². The molecule has 0 aliphatic carbocycles. The van der Waals surface area contributed by atoms with Crippen molar-refractivity contribution in [3.8, 4) is 0 Å². The molecule has 0 fully saturated rings. The van der Waals surface area contributed by atoms with Crippen LogP contribution in [0.1, 0.15) is 12.0 Å². The Morgan fingerprint density at radius 2 is 2.00 bits per heavy atom. The molecule has 0 radical (unpaired) electrons. The van der Waals surface area contributed by atoms with E-state index < -0.39 is 0 Å². The monoisotopic (exact) mass is 302 g/mol. The zero-order chi connectivity index (χ0) is 15.8. The smallest absolute Gasteiger partial charge is 0.221 e. The fourth-order valence-electron chi connectivity index (χ4n) is 2.40. The molecule has 0 atom stereocenters. The number of carbonyl (C=O) groups excluding carboxylic acids is 1. The summed E-state index contributed by atoms with van der Waals surface area (Å²) in [5.41, 5.74) is 2.50. The van der Waals surface area contributed by atoms with Crippen LogP contribution in [-0.2, 0) is 11.2 Å². The summed E-state index contributed by atoms with van der Waals surface area (Å²) >= 11 is 0. The molecule has 2 aromatic rings. The standard InChI is InChI=1S/C17H26N4O/c1-21(2)12-11-19-17(22)8-10-18-9-7-14-13-20-16-6-4-3-5-15(14)16/h3-6,13,18,20H,7-12H2,1-2H3,(H,19,22). The van der Waals surface area contributed by atoms with Crippen molar-refractivity contribution < 1.29 is 4.79 Å². The third-order valence-corrected chi connectivity index (χ3v) is 3.66. The van der Waals surface area contributed by atoms with Crippen LogP contribution in [0.5, 0.6) is 0 Å². The van der Waals surface area contributed by atoms with Gasteiger partial charge < -0.3 is 20.5 Å². The average Bonchev–Trinajstić information content (AvgIpc) is 2.90. The molecule has 5 nitrogen and oxygen atoms in total. The van der Waals surface area contributed by atoms with Gasteiger partial charge in [0.05, 0.1) is 0 Å². The van der Waals surface area contributed by atoms with E-state index in [2.05, 4.69) is 44.9 Å². The molecule has 0 saturated carbocycles. The van der Waals surface area contributed by atoms with Crippen molar-refractivity contribution in [1.82, 2.24) is 20.5 Å². The topological polar surface area (TPSA) is 60.2 Å². The molecule has 1 aromatic carbocycles. The summed E-state index contributed by atoms with van der Waals surface area (Å²) in [7, 11) is 4.00. The Morgan fingerprint density at radius 1 is 1.18 bits per heavy atom. The summed E-state index contributed by atoms with van der Waals surface area (Å²) in [6.07, 6.45) is 3.56. The van der Waals surface area contributed by atoms with Gasteiger partial charge in [-0.25, -0.2) is 0 Å². The molecule has 3 N–H and O–H groups in total. The molecule has 0 bridgehead atoms. The molecule has 120 valence electrons. The van der Waals surface area contributed by atoms with Gasteiger partial charge in [0.2, 0.25) is 5.91 Å². The second-order valence-electron chi connectivity index (χ2n) is 5.76. The number of hydrogen-bond donors (Lipinski definition) is 3. The van der Waals surface area contributed by atoms with Crippen molar-refractivity contribution in [2.24, 2.45) is 0 Å². The normalized spacial score (nSPS) is 11.2. The Morgan fingerprint density at radius 3 is 2.82 bits per heavy atom. The summed E-state index contributed by atoms with van der Waals surface area (Å²) in [4.78, 5) is 17.0. The fourth-order valence-corrected chi connectivity index (χ4v) is 2.40. The van der Waals surface area contributed by atoms with Gasteiger partial charge >= 0.3 is 0 Å². The molecular formula is C17H26N4O. The molecule has 2 rings (SSSR count). The highest BCUT2D eigenvalue weighted by Gasteiger charge is 2.03. The molecule has 1 aromatic heterocycles. The van der Waals surface area contributed by atoms with Gasteiger partial charge in [0.1, 0.15) is 0 Å². The van der Waals surface area contributed by atoms with E-state index in [1.165, 1.54) is 16.5 Å². The average molecular weight is 302 g/mol. The molecule has 22 heavy (non-hydrogen) atoms. The van der Waals surface area contributed by atoms with E-state index in [9.17, 15) is 4.79 Å². The van der Waals surface area contributed by atoms with E-state index in [1.807, 2.05) is 20.2 Å². The van der Waals surface area contributed by atoms with Gasteiger partial charge in [-0.2, -0.15) is 0 Å². The summed E-state index contributed by atoms with van der Waals surface area (Å²) in [5, 5.41) is 7.53. The maximum atomic E-state index is 11.6. The number of benzene rings is 1. The highest BCUT2D eigenvalue weighted by Crippen LogP contribution is 2.17. The SMILES string of the molecule is CN(C)CCNC(=O)CCNCCc1c[nH]c2ccccc12. The van der Waals surface area contributed by atoms with Gasteiger partial charge in [-0.1, -0.05) is 18.2 Å². The lowest BCUT2D eigenvalue weighted by molar-refractivity contribution is -0.121. The maximum Gasteiger partial charge on any atom is 0.221 e. The van der Waals surface area contributed by atoms with Gasteiger partial charge in [0.15, 0.2) is 0 Å². The van der Waals surface area contributed by atoms with Crippen LogP contribution in [-0.4, -0.2) is 56.1 Å². The Bertz CT molecular complexity index is 591. The Kier molecular flexibility index (Phi) is 6.43. The largest absolute Gasteiger partial charge is 0.361 e. The van der Waals surface area contributed by atoms with E-state index in [0.29, 0.717) is 13.0 Å². The molecule has 1 amide bonds. The molecular weight excluding hydrogens is 276 g/mol. The van der Waals surface area contributed by atoms with Crippen molar-refractivity contribution >= 4 is 16.8 Å². The minimum atomic E-state index is 0.112. The predicted molar refractivity (Wildman–Crippen MR) is 91.1 cm³/mol.